The van der Waals surface area contributed by atoms with Crippen molar-refractivity contribution in [3.05, 3.63) is 82.0 Å². The molecule has 4 unspecified atom stereocenters. The van der Waals surface area contributed by atoms with E-state index in [9.17, 15) is 0 Å². The van der Waals surface area contributed by atoms with Crippen molar-refractivity contribution in [2.75, 3.05) is 0 Å². The fraction of sp³-hybridized carbons (Fsp3) is 0.448. The Kier molecular flexibility index (Phi) is 5.64. The molecule has 0 amide bonds. The molecule has 6 rings (SSSR count). The standard InChI is InChI=1S/C29H31.2ClH.Hf/c1-17(2)27-25-15-14-20-18(3)16-19(28(20)27)12-13-26(25)29-23-10-6-4-8-21(23)22-9-5-7-11-24(22)29;;;/h4-11,16-17,25-27,29H,12-15H2,1-3H3;2*1H;/q;;;+2/p-2. The Bertz CT molecular complexity index is 1100. The van der Waals surface area contributed by atoms with E-state index in [0.29, 0.717) is 27.3 Å². The number of hydrogen-bond acceptors (Lipinski definition) is 0. The van der Waals surface area contributed by atoms with E-state index in [-0.39, 0.29) is 0 Å². The molecule has 165 valence electrons. The van der Waals surface area contributed by atoms with Crippen LogP contribution in [0.3, 0.4) is 0 Å². The molecule has 0 aromatic heterocycles. The molecular weight excluding hydrogens is 598 g/mol. The van der Waals surface area contributed by atoms with Gasteiger partial charge in [-0.1, -0.05) is 0 Å². The number of benzene rings is 2. The zero-order valence-electron chi connectivity index (χ0n) is 19.2. The summed E-state index contributed by atoms with van der Waals surface area (Å²) in [4.78, 5) is 0. The van der Waals surface area contributed by atoms with E-state index < -0.39 is 19.1 Å². The van der Waals surface area contributed by atoms with Gasteiger partial charge in [0.2, 0.25) is 0 Å². The molecule has 0 radical (unpaired) electrons. The van der Waals surface area contributed by atoms with Crippen LogP contribution in [0, 0.1) is 23.7 Å². The third-order valence-corrected chi connectivity index (χ3v) is 16.9. The van der Waals surface area contributed by atoms with Gasteiger partial charge >= 0.3 is 209 Å². The second kappa shape index (κ2) is 8.24. The number of fused-ring (bicyclic) bond motifs is 4. The van der Waals surface area contributed by atoms with E-state index in [1.54, 1.807) is 33.4 Å². The summed E-state index contributed by atoms with van der Waals surface area (Å²) in [7, 11) is 13.6. The van der Waals surface area contributed by atoms with Crippen LogP contribution in [0.4, 0.5) is 0 Å². The third-order valence-electron chi connectivity index (χ3n) is 8.99. The maximum absolute atomic E-state index is 6.82. The molecule has 0 nitrogen and oxygen atoms in total. The quantitative estimate of drug-likeness (QED) is 0.297. The van der Waals surface area contributed by atoms with E-state index in [2.05, 4.69) is 69.3 Å². The van der Waals surface area contributed by atoms with Crippen LogP contribution in [-0.2, 0) is 19.1 Å². The molecule has 4 aliphatic rings. The number of halogens is 2. The van der Waals surface area contributed by atoms with Gasteiger partial charge in [-0.3, -0.25) is 0 Å². The third kappa shape index (κ3) is 3.10. The van der Waals surface area contributed by atoms with Gasteiger partial charge in [0.25, 0.3) is 0 Å². The molecule has 3 heteroatoms. The number of hydrogen-bond donors (Lipinski definition) is 0. The summed E-state index contributed by atoms with van der Waals surface area (Å²) in [6, 6.07) is 18.4. The van der Waals surface area contributed by atoms with Crippen LogP contribution in [0.5, 0.6) is 0 Å². The first-order valence-electron chi connectivity index (χ1n) is 12.3. The normalized spacial score (nSPS) is 28.8. The van der Waals surface area contributed by atoms with Gasteiger partial charge in [-0.2, -0.15) is 0 Å². The summed E-state index contributed by atoms with van der Waals surface area (Å²) in [5, 5.41) is 0. The van der Waals surface area contributed by atoms with Crippen LogP contribution in [0.25, 0.3) is 11.1 Å². The number of allylic oxidation sites excluding steroid dienone is 4. The Hall–Kier alpha value is -0.630. The predicted octanol–water partition coefficient (Wildman–Crippen LogP) is 9.23. The van der Waals surface area contributed by atoms with Gasteiger partial charge in [-0.05, 0) is 0 Å². The summed E-state index contributed by atoms with van der Waals surface area (Å²) >= 11 is -2.60. The SMILES string of the molecule is CC1=C2CCC3C(C4c5ccccc5-c5ccccc54)CCC(=C2C3C(C)C)[CH]1[Hf]([Cl])[Cl]. The second-order valence-electron chi connectivity index (χ2n) is 10.7. The molecule has 0 N–H and O–H groups in total. The van der Waals surface area contributed by atoms with Crippen molar-refractivity contribution < 1.29 is 19.1 Å². The molecule has 2 aromatic carbocycles. The van der Waals surface area contributed by atoms with Crippen LogP contribution in [0.1, 0.15) is 63.5 Å². The molecule has 1 saturated carbocycles. The first kappa shape index (κ1) is 21.9. The van der Waals surface area contributed by atoms with Gasteiger partial charge in [0.05, 0.1) is 0 Å². The Morgan fingerprint density at radius 3 is 2.03 bits per heavy atom. The summed E-state index contributed by atoms with van der Waals surface area (Å²) < 4.78 is 0.440. The van der Waals surface area contributed by atoms with Crippen LogP contribution in [0.15, 0.2) is 70.8 Å². The summed E-state index contributed by atoms with van der Waals surface area (Å²) in [6.07, 6.45) is 5.01. The van der Waals surface area contributed by atoms with Crippen molar-refractivity contribution in [3.8, 4) is 11.1 Å². The van der Waals surface area contributed by atoms with Crippen molar-refractivity contribution in [1.29, 1.82) is 0 Å². The van der Waals surface area contributed by atoms with Gasteiger partial charge in [0.1, 0.15) is 0 Å². The molecule has 4 atom stereocenters. The van der Waals surface area contributed by atoms with E-state index in [0.717, 1.165) is 5.92 Å². The van der Waals surface area contributed by atoms with Crippen molar-refractivity contribution in [3.63, 3.8) is 0 Å². The van der Waals surface area contributed by atoms with E-state index in [4.69, 9.17) is 17.2 Å². The van der Waals surface area contributed by atoms with Gasteiger partial charge in [0, 0.05) is 0 Å². The van der Waals surface area contributed by atoms with Gasteiger partial charge < -0.3 is 0 Å². The Morgan fingerprint density at radius 1 is 0.844 bits per heavy atom. The van der Waals surface area contributed by atoms with Crippen molar-refractivity contribution in [1.82, 2.24) is 0 Å². The fourth-order valence-corrected chi connectivity index (χ4v) is 16.6. The Balaban J connectivity index is 1.50. The molecule has 1 fully saturated rings. The van der Waals surface area contributed by atoms with Gasteiger partial charge in [0.15, 0.2) is 0 Å². The number of rotatable bonds is 3. The van der Waals surface area contributed by atoms with Crippen LogP contribution in [0.2, 0.25) is 3.67 Å². The minimum atomic E-state index is -2.60. The van der Waals surface area contributed by atoms with Gasteiger partial charge in [-0.25, -0.2) is 0 Å². The topological polar surface area (TPSA) is 0 Å². The van der Waals surface area contributed by atoms with E-state index in [1.165, 1.54) is 36.8 Å². The molecule has 32 heavy (non-hydrogen) atoms. The summed E-state index contributed by atoms with van der Waals surface area (Å²) in [6.45, 7) is 7.26. The van der Waals surface area contributed by atoms with Crippen molar-refractivity contribution in [2.24, 2.45) is 23.7 Å². The molecule has 4 aliphatic carbocycles. The fourth-order valence-electron chi connectivity index (χ4n) is 7.94. The average molecular weight is 629 g/mol. The Labute approximate surface area is 207 Å². The average Bonchev–Trinajstić information content (AvgIpc) is 3.23. The van der Waals surface area contributed by atoms with Crippen molar-refractivity contribution >= 4 is 17.2 Å². The summed E-state index contributed by atoms with van der Waals surface area (Å²) in [5.41, 5.74) is 12.7. The summed E-state index contributed by atoms with van der Waals surface area (Å²) in [5.74, 6) is 3.24. The molecular formula is C29H31Cl2Hf. The van der Waals surface area contributed by atoms with Crippen molar-refractivity contribution in [2.45, 2.75) is 56.0 Å². The zero-order valence-corrected chi connectivity index (χ0v) is 24.3. The van der Waals surface area contributed by atoms with E-state index in [1.807, 2.05) is 0 Å². The predicted molar refractivity (Wildman–Crippen MR) is 133 cm³/mol. The van der Waals surface area contributed by atoms with Crippen LogP contribution < -0.4 is 0 Å². The molecule has 2 bridgehead atoms. The minimum absolute atomic E-state index is 0.440. The van der Waals surface area contributed by atoms with Crippen LogP contribution >= 0.6 is 17.2 Å². The molecule has 0 aliphatic heterocycles. The van der Waals surface area contributed by atoms with E-state index >= 15 is 0 Å². The zero-order chi connectivity index (χ0) is 22.1. The van der Waals surface area contributed by atoms with Gasteiger partial charge in [-0.15, -0.1) is 0 Å². The molecule has 2 aromatic rings. The second-order valence-corrected chi connectivity index (χ2v) is 23.1. The Morgan fingerprint density at radius 2 is 1.44 bits per heavy atom. The molecule has 0 spiro atoms. The molecule has 0 heterocycles. The van der Waals surface area contributed by atoms with Crippen LogP contribution in [-0.4, -0.2) is 0 Å². The first-order valence-corrected chi connectivity index (χ1v) is 23.3. The monoisotopic (exact) mass is 629 g/mol. The molecule has 0 saturated heterocycles. The maximum atomic E-state index is 6.82. The first-order chi connectivity index (χ1) is 15.5.